The van der Waals surface area contributed by atoms with Crippen LogP contribution in [-0.2, 0) is 4.79 Å². The lowest BCUT2D eigenvalue weighted by Gasteiger charge is -2.13. The molecule has 0 aromatic rings. The molecule has 0 unspecified atom stereocenters. The number of nitrogens with zero attached hydrogens (tertiary/aromatic N) is 1. The number of carbonyl (C=O) groups excluding carboxylic acids is 1. The molecular weight excluding hydrogens is 234 g/mol. The van der Waals surface area contributed by atoms with Gasteiger partial charge in [0.15, 0.2) is 0 Å². The summed E-state index contributed by atoms with van der Waals surface area (Å²) in [7, 11) is 1.90. The van der Waals surface area contributed by atoms with Crippen LogP contribution in [0, 0.1) is 5.92 Å². The average molecular weight is 263 g/mol. The summed E-state index contributed by atoms with van der Waals surface area (Å²) in [6.45, 7) is 3.00. The molecule has 0 aromatic carbocycles. The first-order chi connectivity index (χ1) is 9.25. The van der Waals surface area contributed by atoms with Crippen LogP contribution in [0.1, 0.15) is 58.3 Å². The van der Waals surface area contributed by atoms with Gasteiger partial charge in [0.2, 0.25) is 5.91 Å². The molecule has 1 amide bonds. The molecule has 1 aliphatic rings. The maximum Gasteiger partial charge on any atom is 0.225 e. The molecular formula is C17H29NO. The summed E-state index contributed by atoms with van der Waals surface area (Å²) >= 11 is 0. The van der Waals surface area contributed by atoms with Gasteiger partial charge in [0, 0.05) is 19.5 Å². The molecule has 1 fully saturated rings. The van der Waals surface area contributed by atoms with Gasteiger partial charge in [0.1, 0.15) is 0 Å². The van der Waals surface area contributed by atoms with Crippen molar-refractivity contribution in [1.82, 2.24) is 4.90 Å². The number of carbonyl (C=O) groups is 1. The Morgan fingerprint density at radius 3 is 2.32 bits per heavy atom. The first-order valence-corrected chi connectivity index (χ1v) is 7.80. The molecule has 2 nitrogen and oxygen atoms in total. The average Bonchev–Trinajstić information content (AvgIpc) is 3.24. The zero-order valence-corrected chi connectivity index (χ0v) is 12.6. The first-order valence-electron chi connectivity index (χ1n) is 7.80. The van der Waals surface area contributed by atoms with Gasteiger partial charge in [-0.05, 0) is 38.5 Å². The van der Waals surface area contributed by atoms with E-state index in [1.54, 1.807) is 0 Å². The van der Waals surface area contributed by atoms with E-state index in [4.69, 9.17) is 0 Å². The maximum atomic E-state index is 11.7. The molecule has 0 aromatic heterocycles. The first kappa shape index (κ1) is 16.0. The van der Waals surface area contributed by atoms with Crippen LogP contribution in [0.5, 0.6) is 0 Å². The molecule has 0 radical (unpaired) electrons. The standard InChI is InChI=1S/C17H29NO/c1-3-4-5-6-7-8-9-10-11-12-15-18(2)17(19)16-13-14-16/h7-8,11-12,16H,3-6,9-10,13-15H2,1-2H3. The summed E-state index contributed by atoms with van der Waals surface area (Å²) in [5.74, 6) is 0.657. The Morgan fingerprint density at radius 2 is 1.68 bits per heavy atom. The van der Waals surface area contributed by atoms with E-state index >= 15 is 0 Å². The van der Waals surface area contributed by atoms with Crippen molar-refractivity contribution in [3.8, 4) is 0 Å². The van der Waals surface area contributed by atoms with Crippen molar-refractivity contribution in [2.75, 3.05) is 13.6 Å². The van der Waals surface area contributed by atoms with Gasteiger partial charge in [-0.2, -0.15) is 0 Å². The second-order valence-electron chi connectivity index (χ2n) is 5.51. The third-order valence-electron chi connectivity index (χ3n) is 3.49. The largest absolute Gasteiger partial charge is 0.342 e. The van der Waals surface area contributed by atoms with E-state index in [1.807, 2.05) is 11.9 Å². The summed E-state index contributed by atoms with van der Waals surface area (Å²) in [4.78, 5) is 13.5. The van der Waals surface area contributed by atoms with E-state index in [2.05, 4.69) is 31.2 Å². The monoisotopic (exact) mass is 263 g/mol. The third-order valence-corrected chi connectivity index (χ3v) is 3.49. The second-order valence-corrected chi connectivity index (χ2v) is 5.51. The number of likely N-dealkylation sites (N-methyl/N-ethyl adjacent to an activating group) is 1. The van der Waals surface area contributed by atoms with Gasteiger partial charge < -0.3 is 4.90 Å². The van der Waals surface area contributed by atoms with Gasteiger partial charge in [-0.3, -0.25) is 4.79 Å². The summed E-state index contributed by atoms with van der Waals surface area (Å²) in [6.07, 6.45) is 18.4. The Morgan fingerprint density at radius 1 is 1.05 bits per heavy atom. The highest BCUT2D eigenvalue weighted by atomic mass is 16.2. The minimum absolute atomic E-state index is 0.320. The number of hydrogen-bond acceptors (Lipinski definition) is 1. The van der Waals surface area contributed by atoms with Crippen molar-refractivity contribution in [3.05, 3.63) is 24.3 Å². The molecule has 0 aliphatic heterocycles. The molecule has 1 saturated carbocycles. The molecule has 0 spiro atoms. The second kappa shape index (κ2) is 9.82. The Labute approximate surface area is 118 Å². The highest BCUT2D eigenvalue weighted by Gasteiger charge is 2.31. The normalized spacial score (nSPS) is 15.5. The Bertz CT molecular complexity index is 302. The molecule has 1 aliphatic carbocycles. The van der Waals surface area contributed by atoms with E-state index in [1.165, 1.54) is 25.7 Å². The minimum Gasteiger partial charge on any atom is -0.342 e. The van der Waals surface area contributed by atoms with E-state index in [-0.39, 0.29) is 0 Å². The summed E-state index contributed by atoms with van der Waals surface area (Å²) < 4.78 is 0. The molecule has 0 heterocycles. The van der Waals surface area contributed by atoms with Crippen LogP contribution >= 0.6 is 0 Å². The van der Waals surface area contributed by atoms with Crippen LogP contribution in [-0.4, -0.2) is 24.4 Å². The van der Waals surface area contributed by atoms with Crippen molar-refractivity contribution in [2.24, 2.45) is 5.92 Å². The Balaban J connectivity index is 1.96. The third kappa shape index (κ3) is 7.86. The van der Waals surface area contributed by atoms with Crippen molar-refractivity contribution >= 4 is 5.91 Å². The fourth-order valence-corrected chi connectivity index (χ4v) is 2.02. The van der Waals surface area contributed by atoms with Crippen LogP contribution in [0.25, 0.3) is 0 Å². The molecule has 0 bridgehead atoms. The van der Waals surface area contributed by atoms with Gasteiger partial charge >= 0.3 is 0 Å². The van der Waals surface area contributed by atoms with E-state index < -0.39 is 0 Å². The topological polar surface area (TPSA) is 20.3 Å². The minimum atomic E-state index is 0.320. The van der Waals surface area contributed by atoms with Crippen LogP contribution in [0.4, 0.5) is 0 Å². The van der Waals surface area contributed by atoms with Crippen LogP contribution in [0.15, 0.2) is 24.3 Å². The molecule has 0 atom stereocenters. The van der Waals surface area contributed by atoms with Crippen LogP contribution in [0.2, 0.25) is 0 Å². The van der Waals surface area contributed by atoms with Gasteiger partial charge in [-0.25, -0.2) is 0 Å². The molecule has 1 rings (SSSR count). The number of amides is 1. The van der Waals surface area contributed by atoms with Gasteiger partial charge in [0.05, 0.1) is 0 Å². The van der Waals surface area contributed by atoms with Crippen molar-refractivity contribution in [3.63, 3.8) is 0 Å². The van der Waals surface area contributed by atoms with E-state index in [0.29, 0.717) is 11.8 Å². The van der Waals surface area contributed by atoms with Gasteiger partial charge in [0.25, 0.3) is 0 Å². The number of hydrogen-bond donors (Lipinski definition) is 0. The van der Waals surface area contributed by atoms with E-state index in [0.717, 1.165) is 32.2 Å². The van der Waals surface area contributed by atoms with Crippen LogP contribution in [0.3, 0.4) is 0 Å². The lowest BCUT2D eigenvalue weighted by Crippen LogP contribution is -2.27. The molecule has 19 heavy (non-hydrogen) atoms. The highest BCUT2D eigenvalue weighted by molar-refractivity contribution is 5.80. The smallest absolute Gasteiger partial charge is 0.225 e. The van der Waals surface area contributed by atoms with E-state index in [9.17, 15) is 4.79 Å². The van der Waals surface area contributed by atoms with Crippen molar-refractivity contribution in [2.45, 2.75) is 58.3 Å². The Hall–Kier alpha value is -1.05. The summed E-state index contributed by atoms with van der Waals surface area (Å²) in [5, 5.41) is 0. The van der Waals surface area contributed by atoms with Crippen LogP contribution < -0.4 is 0 Å². The lowest BCUT2D eigenvalue weighted by atomic mass is 10.2. The molecule has 0 N–H and O–H groups in total. The SMILES string of the molecule is CCCCCC=CCCC=CCN(C)C(=O)C1CC1. The fraction of sp³-hybridized carbons (Fsp3) is 0.706. The summed E-state index contributed by atoms with van der Waals surface area (Å²) in [5.41, 5.74) is 0. The number of rotatable bonds is 10. The lowest BCUT2D eigenvalue weighted by molar-refractivity contribution is -0.130. The number of allylic oxidation sites excluding steroid dienone is 3. The van der Waals surface area contributed by atoms with Gasteiger partial charge in [-0.15, -0.1) is 0 Å². The zero-order valence-electron chi connectivity index (χ0n) is 12.6. The predicted octanol–water partition coefficient (Wildman–Crippen LogP) is 4.33. The highest BCUT2D eigenvalue weighted by Crippen LogP contribution is 2.30. The molecule has 2 heteroatoms. The van der Waals surface area contributed by atoms with Crippen molar-refractivity contribution < 1.29 is 4.79 Å². The zero-order chi connectivity index (χ0) is 13.9. The molecule has 108 valence electrons. The fourth-order valence-electron chi connectivity index (χ4n) is 2.02. The molecule has 0 saturated heterocycles. The van der Waals surface area contributed by atoms with Gasteiger partial charge in [-0.1, -0.05) is 44.1 Å². The quantitative estimate of drug-likeness (QED) is 0.424. The number of unbranched alkanes of at least 4 members (excludes halogenated alkanes) is 4. The predicted molar refractivity (Wildman–Crippen MR) is 82.0 cm³/mol. The Kier molecular flexibility index (Phi) is 8.28. The maximum absolute atomic E-state index is 11.7. The summed E-state index contributed by atoms with van der Waals surface area (Å²) in [6, 6.07) is 0. The van der Waals surface area contributed by atoms with Crippen molar-refractivity contribution in [1.29, 1.82) is 0 Å².